The second-order valence-corrected chi connectivity index (χ2v) is 8.26. The zero-order valence-electron chi connectivity index (χ0n) is 14.2. The first-order valence-electron chi connectivity index (χ1n) is 8.25. The lowest BCUT2D eigenvalue weighted by Crippen LogP contribution is -2.43. The van der Waals surface area contributed by atoms with E-state index in [1.54, 1.807) is 6.20 Å². The molecule has 2 heterocycles. The van der Waals surface area contributed by atoms with E-state index >= 15 is 0 Å². The molecule has 2 aromatic rings. The number of amides is 1. The molecule has 0 radical (unpaired) electrons. The zero-order chi connectivity index (χ0) is 19.4. The number of carbonyl (C=O) groups excluding carboxylic acids is 1. The number of hydrogen-bond acceptors (Lipinski definition) is 5. The fourth-order valence-corrected chi connectivity index (χ4v) is 4.05. The second kappa shape index (κ2) is 8.20. The van der Waals surface area contributed by atoms with Gasteiger partial charge in [0.1, 0.15) is 11.6 Å². The molecule has 144 valence electrons. The Morgan fingerprint density at radius 3 is 2.85 bits per heavy atom. The minimum atomic E-state index is -3.96. The molecule has 1 unspecified atom stereocenters. The molecule has 3 rings (SSSR count). The van der Waals surface area contributed by atoms with Gasteiger partial charge in [0.05, 0.1) is 16.5 Å². The van der Waals surface area contributed by atoms with Gasteiger partial charge in [-0.3, -0.25) is 4.79 Å². The number of rotatable bonds is 6. The van der Waals surface area contributed by atoms with Crippen LogP contribution in [-0.2, 0) is 14.8 Å². The average Bonchev–Trinajstić information content (AvgIpc) is 3.11. The van der Waals surface area contributed by atoms with Crippen molar-refractivity contribution in [3.63, 3.8) is 0 Å². The van der Waals surface area contributed by atoms with Gasteiger partial charge in [-0.1, -0.05) is 17.7 Å². The van der Waals surface area contributed by atoms with E-state index in [9.17, 15) is 17.6 Å². The number of pyridine rings is 1. The van der Waals surface area contributed by atoms with Gasteiger partial charge < -0.3 is 10.2 Å². The Hall–Kier alpha value is -2.23. The van der Waals surface area contributed by atoms with Crippen LogP contribution in [0, 0.1) is 5.82 Å². The van der Waals surface area contributed by atoms with Gasteiger partial charge in [-0.15, -0.1) is 0 Å². The molecule has 7 nitrogen and oxygen atoms in total. The van der Waals surface area contributed by atoms with Crippen LogP contribution in [0.1, 0.15) is 6.42 Å². The number of hydrogen-bond donors (Lipinski definition) is 2. The average molecular weight is 413 g/mol. The third-order valence-electron chi connectivity index (χ3n) is 4.15. The van der Waals surface area contributed by atoms with Crippen LogP contribution >= 0.6 is 11.6 Å². The summed E-state index contributed by atoms with van der Waals surface area (Å²) in [5.41, 5.74) is 0. The predicted molar refractivity (Wildman–Crippen MR) is 99.6 cm³/mol. The molecule has 0 bridgehead atoms. The topological polar surface area (TPSA) is 91.4 Å². The van der Waals surface area contributed by atoms with E-state index in [-0.39, 0.29) is 16.0 Å². The first kappa shape index (κ1) is 19.5. The maximum atomic E-state index is 13.2. The third kappa shape index (κ3) is 4.94. The smallest absolute Gasteiger partial charge is 0.241 e. The fourth-order valence-electron chi connectivity index (χ4n) is 2.79. The van der Waals surface area contributed by atoms with Gasteiger partial charge >= 0.3 is 0 Å². The van der Waals surface area contributed by atoms with Gasteiger partial charge in [0.15, 0.2) is 0 Å². The van der Waals surface area contributed by atoms with Crippen molar-refractivity contribution in [3.05, 3.63) is 53.4 Å². The number of nitrogens with zero attached hydrogens (tertiary/aromatic N) is 2. The second-order valence-electron chi connectivity index (χ2n) is 6.09. The number of benzene rings is 1. The lowest BCUT2D eigenvalue weighted by molar-refractivity contribution is -0.120. The van der Waals surface area contributed by atoms with E-state index in [0.717, 1.165) is 37.0 Å². The summed E-state index contributed by atoms with van der Waals surface area (Å²) in [6.07, 6.45) is 2.44. The van der Waals surface area contributed by atoms with Crippen LogP contribution in [0.2, 0.25) is 5.02 Å². The predicted octanol–water partition coefficient (Wildman–Crippen LogP) is 1.55. The summed E-state index contributed by atoms with van der Waals surface area (Å²) >= 11 is 5.60. The Labute approximate surface area is 161 Å². The van der Waals surface area contributed by atoms with E-state index in [0.29, 0.717) is 6.54 Å². The van der Waals surface area contributed by atoms with Gasteiger partial charge in [0.25, 0.3) is 0 Å². The van der Waals surface area contributed by atoms with Crippen molar-refractivity contribution in [2.75, 3.05) is 24.5 Å². The summed E-state index contributed by atoms with van der Waals surface area (Å²) in [7, 11) is -3.96. The number of carbonyl (C=O) groups is 1. The van der Waals surface area contributed by atoms with Crippen molar-refractivity contribution in [2.24, 2.45) is 0 Å². The molecule has 1 aromatic heterocycles. The normalized spacial score (nSPS) is 17.1. The van der Waals surface area contributed by atoms with Crippen LogP contribution in [0.25, 0.3) is 0 Å². The first-order chi connectivity index (χ1) is 12.8. The summed E-state index contributed by atoms with van der Waals surface area (Å²) in [6.45, 7) is 0.933. The number of aromatic nitrogens is 1. The minimum absolute atomic E-state index is 0.0933. The molecule has 0 spiro atoms. The third-order valence-corrected chi connectivity index (χ3v) is 5.84. The standard InChI is InChI=1S/C17H18ClFN4O3S/c18-14-9-13(4-5-15(14)19)27(25,26)21-10-17(24)22-12-6-8-23(11-12)16-3-1-2-7-20-16/h1-5,7,9,12,21H,6,8,10-11H2,(H,22,24). The quantitative estimate of drug-likeness (QED) is 0.751. The largest absolute Gasteiger partial charge is 0.354 e. The fraction of sp³-hybridized carbons (Fsp3) is 0.294. The molecule has 1 fully saturated rings. The Morgan fingerprint density at radius 2 is 2.15 bits per heavy atom. The summed E-state index contributed by atoms with van der Waals surface area (Å²) in [5, 5.41) is 2.50. The van der Waals surface area contributed by atoms with Crippen molar-refractivity contribution in [1.29, 1.82) is 0 Å². The Morgan fingerprint density at radius 1 is 1.33 bits per heavy atom. The van der Waals surface area contributed by atoms with Gasteiger partial charge in [-0.2, -0.15) is 0 Å². The monoisotopic (exact) mass is 412 g/mol. The maximum absolute atomic E-state index is 13.2. The van der Waals surface area contributed by atoms with Crippen LogP contribution < -0.4 is 14.9 Å². The molecule has 0 saturated carbocycles. The summed E-state index contributed by atoms with van der Waals surface area (Å²) in [5.74, 6) is -0.324. The van der Waals surface area contributed by atoms with Gasteiger partial charge in [0, 0.05) is 25.3 Å². The number of halogens is 2. The Bertz CT molecular complexity index is 927. The molecule has 1 saturated heterocycles. The molecule has 10 heteroatoms. The minimum Gasteiger partial charge on any atom is -0.354 e. The molecule has 1 atom stereocenters. The first-order valence-corrected chi connectivity index (χ1v) is 10.1. The van der Waals surface area contributed by atoms with Gasteiger partial charge in [-0.05, 0) is 36.8 Å². The van der Waals surface area contributed by atoms with E-state index in [1.807, 2.05) is 18.2 Å². The Balaban J connectivity index is 1.52. The molecule has 1 amide bonds. The van der Waals surface area contributed by atoms with Crippen LogP contribution in [0.15, 0.2) is 47.5 Å². The summed E-state index contributed by atoms with van der Waals surface area (Å²) < 4.78 is 39.7. The van der Waals surface area contributed by atoms with Crippen molar-refractivity contribution in [3.8, 4) is 0 Å². The van der Waals surface area contributed by atoms with Gasteiger partial charge in [-0.25, -0.2) is 22.5 Å². The van der Waals surface area contributed by atoms with Crippen LogP contribution in [0.5, 0.6) is 0 Å². The highest BCUT2D eigenvalue weighted by atomic mass is 35.5. The van der Waals surface area contributed by atoms with Crippen LogP contribution in [0.3, 0.4) is 0 Å². The van der Waals surface area contributed by atoms with Crippen LogP contribution in [-0.4, -0.2) is 45.0 Å². The zero-order valence-corrected chi connectivity index (χ0v) is 15.8. The molecule has 1 aliphatic rings. The lowest BCUT2D eigenvalue weighted by atomic mass is 10.2. The van der Waals surface area contributed by atoms with E-state index in [4.69, 9.17) is 11.6 Å². The SMILES string of the molecule is O=C(CNS(=O)(=O)c1ccc(F)c(Cl)c1)NC1CCN(c2ccccn2)C1. The summed E-state index contributed by atoms with van der Waals surface area (Å²) in [6, 6.07) is 8.57. The number of anilines is 1. The maximum Gasteiger partial charge on any atom is 0.241 e. The van der Waals surface area contributed by atoms with Crippen molar-refractivity contribution in [1.82, 2.24) is 15.0 Å². The Kier molecular flexibility index (Phi) is 5.93. The molecule has 27 heavy (non-hydrogen) atoms. The highest BCUT2D eigenvalue weighted by Crippen LogP contribution is 2.19. The highest BCUT2D eigenvalue weighted by Gasteiger charge is 2.25. The van der Waals surface area contributed by atoms with Crippen molar-refractivity contribution >= 4 is 33.3 Å². The van der Waals surface area contributed by atoms with Crippen molar-refractivity contribution < 1.29 is 17.6 Å². The number of nitrogens with one attached hydrogen (secondary N) is 2. The molecular formula is C17H18ClFN4O3S. The number of sulfonamides is 1. The highest BCUT2D eigenvalue weighted by molar-refractivity contribution is 7.89. The van der Waals surface area contributed by atoms with Crippen LogP contribution in [0.4, 0.5) is 10.2 Å². The molecule has 1 aromatic carbocycles. The lowest BCUT2D eigenvalue weighted by Gasteiger charge is -2.17. The summed E-state index contributed by atoms with van der Waals surface area (Å²) in [4.78, 5) is 18.2. The molecule has 0 aliphatic carbocycles. The molecule has 2 N–H and O–H groups in total. The molecule has 1 aliphatic heterocycles. The van der Waals surface area contributed by atoms with E-state index in [2.05, 4.69) is 19.9 Å². The van der Waals surface area contributed by atoms with Crippen molar-refractivity contribution in [2.45, 2.75) is 17.4 Å². The van der Waals surface area contributed by atoms with Gasteiger partial charge in [0.2, 0.25) is 15.9 Å². The van der Waals surface area contributed by atoms with E-state index < -0.39 is 28.3 Å². The molecular weight excluding hydrogens is 395 g/mol. The van der Waals surface area contributed by atoms with E-state index in [1.165, 1.54) is 0 Å².